The molecule has 1 atom stereocenters. The molecule has 1 saturated heterocycles. The molecule has 1 amide bonds. The van der Waals surface area contributed by atoms with Gasteiger partial charge in [-0.15, -0.1) is 0 Å². The molecule has 3 N–H and O–H groups in total. The van der Waals surface area contributed by atoms with Crippen molar-refractivity contribution in [2.24, 2.45) is 0 Å². The second-order valence-corrected chi connectivity index (χ2v) is 4.74. The molecule has 1 aliphatic heterocycles. The summed E-state index contributed by atoms with van der Waals surface area (Å²) in [4.78, 5) is 11.8. The van der Waals surface area contributed by atoms with Gasteiger partial charge in [0.2, 0.25) is 5.91 Å². The largest absolute Gasteiger partial charge is 0.398 e. The van der Waals surface area contributed by atoms with Crippen molar-refractivity contribution in [3.05, 3.63) is 23.8 Å². The van der Waals surface area contributed by atoms with Crippen molar-refractivity contribution >= 4 is 17.3 Å². The van der Waals surface area contributed by atoms with Crippen LogP contribution in [-0.4, -0.2) is 18.6 Å². The minimum absolute atomic E-state index is 0.0270. The molecule has 1 fully saturated rings. The van der Waals surface area contributed by atoms with Crippen molar-refractivity contribution in [1.82, 2.24) is 0 Å². The number of rotatable bonds is 4. The molecular formula is C14H20N2O2. The van der Waals surface area contributed by atoms with Gasteiger partial charge in [-0.2, -0.15) is 0 Å². The predicted octanol–water partition coefficient (Wildman–Crippen LogP) is 2.47. The van der Waals surface area contributed by atoms with Crippen LogP contribution in [0.1, 0.15) is 31.2 Å². The van der Waals surface area contributed by atoms with Crippen LogP contribution in [0.4, 0.5) is 11.4 Å². The highest BCUT2D eigenvalue weighted by molar-refractivity contribution is 5.92. The van der Waals surface area contributed by atoms with Crippen molar-refractivity contribution in [3.63, 3.8) is 0 Å². The molecule has 2 rings (SSSR count). The van der Waals surface area contributed by atoms with Crippen LogP contribution < -0.4 is 11.1 Å². The van der Waals surface area contributed by atoms with E-state index in [4.69, 9.17) is 10.5 Å². The van der Waals surface area contributed by atoms with Gasteiger partial charge in [-0.05, 0) is 43.9 Å². The maximum atomic E-state index is 11.8. The number of benzene rings is 1. The fourth-order valence-corrected chi connectivity index (χ4v) is 2.17. The molecule has 4 nitrogen and oxygen atoms in total. The number of nitrogens with one attached hydrogen (secondary N) is 1. The fraction of sp³-hybridized carbons (Fsp3) is 0.500. The number of carbonyl (C=O) groups excluding carboxylic acids is 1. The number of nitrogen functional groups attached to an aromatic ring is 1. The molecule has 0 spiro atoms. The number of ether oxygens (including phenoxy) is 1. The molecule has 4 heteroatoms. The number of carbonyl (C=O) groups is 1. The van der Waals surface area contributed by atoms with E-state index >= 15 is 0 Å². The van der Waals surface area contributed by atoms with Crippen LogP contribution >= 0.6 is 0 Å². The van der Waals surface area contributed by atoms with E-state index in [9.17, 15) is 4.79 Å². The molecule has 1 unspecified atom stereocenters. The summed E-state index contributed by atoms with van der Waals surface area (Å²) < 4.78 is 5.50. The molecule has 0 aromatic heterocycles. The Hall–Kier alpha value is -1.55. The number of anilines is 2. The lowest BCUT2D eigenvalue weighted by molar-refractivity contribution is -0.116. The average molecular weight is 248 g/mol. The predicted molar refractivity (Wildman–Crippen MR) is 72.4 cm³/mol. The summed E-state index contributed by atoms with van der Waals surface area (Å²) >= 11 is 0. The monoisotopic (exact) mass is 248 g/mol. The molecule has 0 saturated carbocycles. The van der Waals surface area contributed by atoms with Crippen molar-refractivity contribution in [1.29, 1.82) is 0 Å². The SMILES string of the molecule is Cc1c(N)cccc1NC(=O)CCC1CCCO1. The molecular weight excluding hydrogens is 228 g/mol. The summed E-state index contributed by atoms with van der Waals surface area (Å²) in [6.07, 6.45) is 3.75. The Morgan fingerprint density at radius 2 is 2.39 bits per heavy atom. The van der Waals surface area contributed by atoms with E-state index in [0.29, 0.717) is 12.1 Å². The number of hydrogen-bond donors (Lipinski definition) is 2. The van der Waals surface area contributed by atoms with E-state index in [0.717, 1.165) is 37.1 Å². The number of amides is 1. The summed E-state index contributed by atoms with van der Waals surface area (Å²) in [7, 11) is 0. The van der Waals surface area contributed by atoms with E-state index in [1.165, 1.54) is 0 Å². The summed E-state index contributed by atoms with van der Waals surface area (Å²) in [6.45, 7) is 2.74. The quantitative estimate of drug-likeness (QED) is 0.804. The highest BCUT2D eigenvalue weighted by Gasteiger charge is 2.16. The highest BCUT2D eigenvalue weighted by Crippen LogP contribution is 2.21. The van der Waals surface area contributed by atoms with Gasteiger partial charge in [0.05, 0.1) is 6.10 Å². The Morgan fingerprint density at radius 3 is 3.11 bits per heavy atom. The Labute approximate surface area is 108 Å². The van der Waals surface area contributed by atoms with Gasteiger partial charge >= 0.3 is 0 Å². The smallest absolute Gasteiger partial charge is 0.224 e. The zero-order valence-electron chi connectivity index (χ0n) is 10.7. The van der Waals surface area contributed by atoms with E-state index in [-0.39, 0.29) is 12.0 Å². The van der Waals surface area contributed by atoms with Crippen LogP contribution in [-0.2, 0) is 9.53 Å². The second kappa shape index (κ2) is 5.87. The number of hydrogen-bond acceptors (Lipinski definition) is 3. The second-order valence-electron chi connectivity index (χ2n) is 4.74. The third kappa shape index (κ3) is 3.23. The summed E-state index contributed by atoms with van der Waals surface area (Å²) in [6, 6.07) is 5.55. The first-order chi connectivity index (χ1) is 8.66. The van der Waals surface area contributed by atoms with Gasteiger partial charge in [-0.25, -0.2) is 0 Å². The summed E-state index contributed by atoms with van der Waals surface area (Å²) in [5, 5.41) is 2.90. The zero-order valence-corrected chi connectivity index (χ0v) is 10.7. The van der Waals surface area contributed by atoms with Gasteiger partial charge < -0.3 is 15.8 Å². The van der Waals surface area contributed by atoms with E-state index in [2.05, 4.69) is 5.32 Å². The Bertz CT molecular complexity index is 426. The Morgan fingerprint density at radius 1 is 1.56 bits per heavy atom. The van der Waals surface area contributed by atoms with Crippen LogP contribution in [0.3, 0.4) is 0 Å². The van der Waals surface area contributed by atoms with E-state index in [1.807, 2.05) is 25.1 Å². The normalized spacial score (nSPS) is 18.8. The lowest BCUT2D eigenvalue weighted by Crippen LogP contribution is -2.16. The number of nitrogens with two attached hydrogens (primary N) is 1. The van der Waals surface area contributed by atoms with Crippen LogP contribution in [0.15, 0.2) is 18.2 Å². The lowest BCUT2D eigenvalue weighted by Gasteiger charge is -2.11. The third-order valence-electron chi connectivity index (χ3n) is 3.37. The van der Waals surface area contributed by atoms with Gasteiger partial charge in [0.15, 0.2) is 0 Å². The maximum absolute atomic E-state index is 11.8. The molecule has 98 valence electrons. The van der Waals surface area contributed by atoms with Gasteiger partial charge in [0, 0.05) is 24.4 Å². The zero-order chi connectivity index (χ0) is 13.0. The van der Waals surface area contributed by atoms with Crippen LogP contribution in [0, 0.1) is 6.92 Å². The average Bonchev–Trinajstić information content (AvgIpc) is 2.86. The molecule has 0 aliphatic carbocycles. The van der Waals surface area contributed by atoms with Crippen LogP contribution in [0.2, 0.25) is 0 Å². The van der Waals surface area contributed by atoms with Gasteiger partial charge in [-0.1, -0.05) is 6.07 Å². The van der Waals surface area contributed by atoms with E-state index in [1.54, 1.807) is 0 Å². The molecule has 0 radical (unpaired) electrons. The van der Waals surface area contributed by atoms with Crippen molar-refractivity contribution < 1.29 is 9.53 Å². The first kappa shape index (κ1) is 12.9. The first-order valence-corrected chi connectivity index (χ1v) is 6.43. The summed E-state index contributed by atoms with van der Waals surface area (Å²) in [5.41, 5.74) is 8.22. The topological polar surface area (TPSA) is 64.3 Å². The van der Waals surface area contributed by atoms with Gasteiger partial charge in [0.1, 0.15) is 0 Å². The van der Waals surface area contributed by atoms with Crippen molar-refractivity contribution in [3.8, 4) is 0 Å². The van der Waals surface area contributed by atoms with Gasteiger partial charge in [0.25, 0.3) is 0 Å². The third-order valence-corrected chi connectivity index (χ3v) is 3.37. The molecule has 18 heavy (non-hydrogen) atoms. The van der Waals surface area contributed by atoms with E-state index < -0.39 is 0 Å². The first-order valence-electron chi connectivity index (χ1n) is 6.43. The minimum Gasteiger partial charge on any atom is -0.398 e. The lowest BCUT2D eigenvalue weighted by atomic mass is 10.1. The van der Waals surface area contributed by atoms with Gasteiger partial charge in [-0.3, -0.25) is 4.79 Å². The highest BCUT2D eigenvalue weighted by atomic mass is 16.5. The molecule has 0 bridgehead atoms. The molecule has 1 heterocycles. The van der Waals surface area contributed by atoms with Crippen LogP contribution in [0.5, 0.6) is 0 Å². The maximum Gasteiger partial charge on any atom is 0.224 e. The molecule has 1 aromatic rings. The van der Waals surface area contributed by atoms with Crippen molar-refractivity contribution in [2.45, 2.75) is 38.7 Å². The Balaban J connectivity index is 1.84. The Kier molecular flexibility index (Phi) is 4.20. The molecule has 1 aromatic carbocycles. The standard InChI is InChI=1S/C14H20N2O2/c1-10-12(15)5-2-6-13(10)16-14(17)8-7-11-4-3-9-18-11/h2,5-6,11H,3-4,7-9,15H2,1H3,(H,16,17). The fourth-order valence-electron chi connectivity index (χ4n) is 2.17. The minimum atomic E-state index is 0.0270. The van der Waals surface area contributed by atoms with Crippen LogP contribution in [0.25, 0.3) is 0 Å². The summed E-state index contributed by atoms with van der Waals surface area (Å²) in [5.74, 6) is 0.0270. The van der Waals surface area contributed by atoms with Crippen molar-refractivity contribution in [2.75, 3.05) is 17.7 Å². The molecule has 1 aliphatic rings.